The van der Waals surface area contributed by atoms with Gasteiger partial charge in [-0.1, -0.05) is 0 Å². The normalized spacial score (nSPS) is 15.8. The van der Waals surface area contributed by atoms with E-state index in [1.54, 1.807) is 0 Å². The van der Waals surface area contributed by atoms with Crippen molar-refractivity contribution >= 4 is 23.1 Å². The van der Waals surface area contributed by atoms with Crippen molar-refractivity contribution in [2.24, 2.45) is 0 Å². The third-order valence-corrected chi connectivity index (χ3v) is 3.72. The molecule has 1 heterocycles. The van der Waals surface area contributed by atoms with Gasteiger partial charge in [-0.3, -0.25) is 4.79 Å². The molecule has 1 aliphatic heterocycles. The third kappa shape index (κ3) is 4.86. The average molecular weight is 289 g/mol. The molecule has 0 spiro atoms. The summed E-state index contributed by atoms with van der Waals surface area (Å²) in [5.74, 6) is -0.0758. The summed E-state index contributed by atoms with van der Waals surface area (Å²) in [7, 11) is 2.14. The van der Waals surface area contributed by atoms with Gasteiger partial charge in [0.15, 0.2) is 0 Å². The van der Waals surface area contributed by atoms with Crippen LogP contribution >= 0.6 is 0 Å². The molecule has 2 rings (SSSR count). The van der Waals surface area contributed by atoms with Crippen molar-refractivity contribution in [1.82, 2.24) is 4.90 Å². The number of nitrogens with zero attached hydrogens (tertiary/aromatic N) is 2. The van der Waals surface area contributed by atoms with Crippen LogP contribution in [0.4, 0.5) is 11.4 Å². The Bertz CT molecular complexity index is 491. The summed E-state index contributed by atoms with van der Waals surface area (Å²) in [6.45, 7) is 5.70. The molecule has 0 saturated carbocycles. The largest absolute Gasteiger partial charge is 0.369 e. The monoisotopic (exact) mass is 289 g/mol. The summed E-state index contributed by atoms with van der Waals surface area (Å²) in [6, 6.07) is 7.90. The van der Waals surface area contributed by atoms with Crippen LogP contribution in [-0.4, -0.2) is 49.8 Å². The number of ketones is 1. The highest BCUT2D eigenvalue weighted by Gasteiger charge is 2.14. The minimum atomic E-state index is -0.113. The minimum Gasteiger partial charge on any atom is -0.369 e. The predicted octanol–water partition coefficient (Wildman–Crippen LogP) is 1.75. The summed E-state index contributed by atoms with van der Waals surface area (Å²) >= 11 is 0. The molecule has 1 N–H and O–H groups in total. The van der Waals surface area contributed by atoms with Crippen LogP contribution in [0.2, 0.25) is 0 Å². The molecule has 5 heteroatoms. The summed E-state index contributed by atoms with van der Waals surface area (Å²) in [5.41, 5.74) is 1.96. The standard InChI is InChI=1S/C16H23N3O2/c1-13(20)3-8-16(21)17-14-4-6-15(7-5-14)19-11-9-18(2)10-12-19/h4-7H,3,8-12H2,1-2H3,(H,17,21). The number of nitrogens with one attached hydrogen (secondary N) is 1. The van der Waals surface area contributed by atoms with Crippen LogP contribution in [0.25, 0.3) is 0 Å². The number of likely N-dealkylation sites (N-methyl/N-ethyl adjacent to an activating group) is 1. The fraction of sp³-hybridized carbons (Fsp3) is 0.500. The third-order valence-electron chi connectivity index (χ3n) is 3.72. The highest BCUT2D eigenvalue weighted by atomic mass is 16.2. The van der Waals surface area contributed by atoms with Gasteiger partial charge in [0.25, 0.3) is 0 Å². The number of rotatable bonds is 5. The molecule has 1 saturated heterocycles. The number of Topliss-reactive ketones (excluding diaryl/α,β-unsaturated/α-hetero) is 1. The van der Waals surface area contributed by atoms with E-state index in [0.717, 1.165) is 31.9 Å². The van der Waals surface area contributed by atoms with Gasteiger partial charge in [0.2, 0.25) is 5.91 Å². The van der Waals surface area contributed by atoms with Crippen LogP contribution in [0.3, 0.4) is 0 Å². The van der Waals surface area contributed by atoms with E-state index in [4.69, 9.17) is 0 Å². The van der Waals surface area contributed by atoms with Crippen LogP contribution in [0.5, 0.6) is 0 Å². The lowest BCUT2D eigenvalue weighted by molar-refractivity contribution is -0.121. The Balaban J connectivity index is 1.87. The first kappa shape index (κ1) is 15.5. The molecule has 1 fully saturated rings. The molecule has 21 heavy (non-hydrogen) atoms. The maximum absolute atomic E-state index is 11.7. The van der Waals surface area contributed by atoms with E-state index in [-0.39, 0.29) is 18.1 Å². The average Bonchev–Trinajstić information content (AvgIpc) is 2.47. The van der Waals surface area contributed by atoms with Crippen molar-refractivity contribution in [3.63, 3.8) is 0 Å². The molecule has 1 aliphatic rings. The fourth-order valence-corrected chi connectivity index (χ4v) is 2.33. The van der Waals surface area contributed by atoms with E-state index in [1.165, 1.54) is 12.6 Å². The molecule has 0 unspecified atom stereocenters. The van der Waals surface area contributed by atoms with Crippen LogP contribution in [0, 0.1) is 0 Å². The predicted molar refractivity (Wildman–Crippen MR) is 84.7 cm³/mol. The van der Waals surface area contributed by atoms with Gasteiger partial charge in [-0.25, -0.2) is 0 Å². The molecule has 0 aromatic heterocycles. The van der Waals surface area contributed by atoms with Crippen molar-refractivity contribution in [1.29, 1.82) is 0 Å². The number of anilines is 2. The molecule has 114 valence electrons. The summed E-state index contributed by atoms with van der Waals surface area (Å²) in [5, 5.41) is 2.82. The number of hydrogen-bond donors (Lipinski definition) is 1. The van der Waals surface area contributed by atoms with E-state index < -0.39 is 0 Å². The van der Waals surface area contributed by atoms with Gasteiger partial charge in [0.05, 0.1) is 0 Å². The van der Waals surface area contributed by atoms with Crippen molar-refractivity contribution in [3.8, 4) is 0 Å². The molecule has 0 radical (unpaired) electrons. The first-order chi connectivity index (χ1) is 10.0. The summed E-state index contributed by atoms with van der Waals surface area (Å²) in [4.78, 5) is 27.2. The van der Waals surface area contributed by atoms with Gasteiger partial charge in [0.1, 0.15) is 5.78 Å². The van der Waals surface area contributed by atoms with Crippen LogP contribution in [0.1, 0.15) is 19.8 Å². The van der Waals surface area contributed by atoms with Crippen molar-refractivity contribution < 1.29 is 9.59 Å². The van der Waals surface area contributed by atoms with E-state index in [2.05, 4.69) is 22.2 Å². The first-order valence-electron chi connectivity index (χ1n) is 7.37. The molecule has 5 nitrogen and oxygen atoms in total. The highest BCUT2D eigenvalue weighted by Crippen LogP contribution is 2.19. The highest BCUT2D eigenvalue weighted by molar-refractivity contribution is 5.93. The summed E-state index contributed by atoms with van der Waals surface area (Å²) < 4.78 is 0. The summed E-state index contributed by atoms with van der Waals surface area (Å²) in [6.07, 6.45) is 0.542. The maximum atomic E-state index is 11.7. The second-order valence-corrected chi connectivity index (χ2v) is 5.59. The Hall–Kier alpha value is -1.88. The molecule has 0 aliphatic carbocycles. The van der Waals surface area contributed by atoms with Gasteiger partial charge in [-0.05, 0) is 38.2 Å². The van der Waals surface area contributed by atoms with Crippen LogP contribution < -0.4 is 10.2 Å². The molecular formula is C16H23N3O2. The van der Waals surface area contributed by atoms with E-state index in [0.29, 0.717) is 6.42 Å². The molecule has 0 atom stereocenters. The number of hydrogen-bond acceptors (Lipinski definition) is 4. The Kier molecular flexibility index (Phi) is 5.33. The number of carbonyl (C=O) groups excluding carboxylic acids is 2. The van der Waals surface area contributed by atoms with E-state index in [9.17, 15) is 9.59 Å². The smallest absolute Gasteiger partial charge is 0.224 e. The zero-order valence-corrected chi connectivity index (χ0v) is 12.8. The lowest BCUT2D eigenvalue weighted by Gasteiger charge is -2.34. The van der Waals surface area contributed by atoms with Crippen molar-refractivity contribution in [2.45, 2.75) is 19.8 Å². The van der Waals surface area contributed by atoms with Gasteiger partial charge >= 0.3 is 0 Å². The van der Waals surface area contributed by atoms with Gasteiger partial charge in [0, 0.05) is 50.4 Å². The van der Waals surface area contributed by atoms with Crippen LogP contribution in [0.15, 0.2) is 24.3 Å². The second-order valence-electron chi connectivity index (χ2n) is 5.59. The number of benzene rings is 1. The first-order valence-corrected chi connectivity index (χ1v) is 7.37. The zero-order chi connectivity index (χ0) is 15.2. The van der Waals surface area contributed by atoms with Crippen molar-refractivity contribution in [2.75, 3.05) is 43.4 Å². The quantitative estimate of drug-likeness (QED) is 0.897. The Morgan fingerprint density at radius 1 is 1.05 bits per heavy atom. The molecule has 1 amide bonds. The lowest BCUT2D eigenvalue weighted by Crippen LogP contribution is -2.44. The number of carbonyl (C=O) groups is 2. The van der Waals surface area contributed by atoms with Gasteiger partial charge in [-0.15, -0.1) is 0 Å². The van der Waals surface area contributed by atoms with E-state index in [1.807, 2.05) is 24.3 Å². The van der Waals surface area contributed by atoms with Crippen LogP contribution in [-0.2, 0) is 9.59 Å². The molecule has 0 bridgehead atoms. The van der Waals surface area contributed by atoms with E-state index >= 15 is 0 Å². The Morgan fingerprint density at radius 3 is 2.24 bits per heavy atom. The SMILES string of the molecule is CC(=O)CCC(=O)Nc1ccc(N2CCN(C)CC2)cc1. The van der Waals surface area contributed by atoms with Gasteiger partial charge < -0.3 is 19.9 Å². The number of piperazine rings is 1. The van der Waals surface area contributed by atoms with Crippen molar-refractivity contribution in [3.05, 3.63) is 24.3 Å². The zero-order valence-electron chi connectivity index (χ0n) is 12.8. The Labute approximate surface area is 125 Å². The lowest BCUT2D eigenvalue weighted by atomic mass is 10.2. The fourth-order valence-electron chi connectivity index (χ4n) is 2.33. The molecule has 1 aromatic rings. The molecular weight excluding hydrogens is 266 g/mol. The topological polar surface area (TPSA) is 52.7 Å². The Morgan fingerprint density at radius 2 is 1.67 bits per heavy atom. The second kappa shape index (κ2) is 7.22. The minimum absolute atomic E-state index is 0.0376. The molecule has 1 aromatic carbocycles. The van der Waals surface area contributed by atoms with Gasteiger partial charge in [-0.2, -0.15) is 0 Å². The maximum Gasteiger partial charge on any atom is 0.224 e. The number of amides is 1.